The molecule has 0 aliphatic heterocycles. The maximum absolute atomic E-state index is 12.1. The van der Waals surface area contributed by atoms with E-state index in [1.807, 2.05) is 0 Å². The van der Waals surface area contributed by atoms with Crippen LogP contribution in [0.25, 0.3) is 0 Å². The van der Waals surface area contributed by atoms with Crippen LogP contribution in [0.2, 0.25) is 0 Å². The minimum Gasteiger partial charge on any atom is -0.494 e. The molecule has 6 nitrogen and oxygen atoms in total. The van der Waals surface area contributed by atoms with E-state index in [2.05, 4.69) is 30.0 Å². The average Bonchev–Trinajstić information content (AvgIpc) is 2.66. The molecule has 1 rings (SSSR count). The molecule has 0 fully saturated rings. The molecule has 1 aromatic rings. The lowest BCUT2D eigenvalue weighted by atomic mass is 10.2. The molecule has 0 bridgehead atoms. The number of unbranched alkanes of at least 4 members (excludes halogenated alkanes) is 5. The van der Waals surface area contributed by atoms with E-state index in [0.717, 1.165) is 37.9 Å². The molecule has 2 amide bonds. The van der Waals surface area contributed by atoms with Crippen LogP contribution in [0.1, 0.15) is 75.6 Å². The predicted molar refractivity (Wildman–Crippen MR) is 112 cm³/mol. The van der Waals surface area contributed by atoms with Gasteiger partial charge in [0.1, 0.15) is 5.75 Å². The van der Waals surface area contributed by atoms with Crippen LogP contribution in [0.3, 0.4) is 0 Å². The minimum atomic E-state index is -0.341. The Morgan fingerprint density at radius 3 is 2.26 bits per heavy atom. The highest BCUT2D eigenvalue weighted by atomic mass is 32.1. The van der Waals surface area contributed by atoms with E-state index in [1.165, 1.54) is 12.8 Å². The number of carbonyl (C=O) groups is 2. The number of hydrogen-bond acceptors (Lipinski definition) is 4. The molecule has 0 saturated carbocycles. The van der Waals surface area contributed by atoms with Crippen molar-refractivity contribution in [1.29, 1.82) is 0 Å². The Bertz CT molecular complexity index is 591. The zero-order valence-corrected chi connectivity index (χ0v) is 17.1. The normalized spacial score (nSPS) is 10.1. The molecule has 7 heteroatoms. The summed E-state index contributed by atoms with van der Waals surface area (Å²) >= 11 is 5.00. The molecule has 27 heavy (non-hydrogen) atoms. The summed E-state index contributed by atoms with van der Waals surface area (Å²) in [6, 6.07) is 6.90. The number of thiocarbonyl (C=S) groups is 1. The fourth-order valence-electron chi connectivity index (χ4n) is 2.36. The highest BCUT2D eigenvalue weighted by Crippen LogP contribution is 2.13. The number of carbonyl (C=O) groups excluding carboxylic acids is 2. The molecule has 3 N–H and O–H groups in total. The average molecular weight is 394 g/mol. The number of hydrazine groups is 1. The zero-order valence-electron chi connectivity index (χ0n) is 16.3. The highest BCUT2D eigenvalue weighted by Gasteiger charge is 2.08. The summed E-state index contributed by atoms with van der Waals surface area (Å²) in [5, 5.41) is 2.62. The van der Waals surface area contributed by atoms with Crippen LogP contribution in [-0.2, 0) is 4.79 Å². The summed E-state index contributed by atoms with van der Waals surface area (Å²) in [5.74, 6) is 0.244. The van der Waals surface area contributed by atoms with E-state index < -0.39 is 0 Å². The molecule has 0 aromatic heterocycles. The van der Waals surface area contributed by atoms with Crippen LogP contribution < -0.4 is 20.9 Å². The summed E-state index contributed by atoms with van der Waals surface area (Å²) < 4.78 is 5.65. The van der Waals surface area contributed by atoms with Gasteiger partial charge in [-0.05, 0) is 49.3 Å². The van der Waals surface area contributed by atoms with Crippen molar-refractivity contribution in [3.8, 4) is 5.75 Å². The second-order valence-electron chi connectivity index (χ2n) is 6.35. The second kappa shape index (κ2) is 14.0. The van der Waals surface area contributed by atoms with Crippen molar-refractivity contribution in [3.05, 3.63) is 29.8 Å². The van der Waals surface area contributed by atoms with E-state index in [1.54, 1.807) is 24.3 Å². The molecular weight excluding hydrogens is 362 g/mol. The Morgan fingerprint density at radius 1 is 0.926 bits per heavy atom. The first kappa shape index (κ1) is 22.9. The topological polar surface area (TPSA) is 79.5 Å². The third-order valence-electron chi connectivity index (χ3n) is 3.93. The molecule has 0 unspecified atom stereocenters. The SMILES string of the molecule is CCCCCCOc1ccc(C(=O)NNC(=S)NC(=O)CCCCC)cc1. The van der Waals surface area contributed by atoms with Crippen molar-refractivity contribution >= 4 is 29.1 Å². The summed E-state index contributed by atoms with van der Waals surface area (Å²) in [7, 11) is 0. The number of hydrogen-bond donors (Lipinski definition) is 3. The van der Waals surface area contributed by atoms with E-state index >= 15 is 0 Å². The van der Waals surface area contributed by atoms with Crippen molar-refractivity contribution in [2.45, 2.75) is 65.2 Å². The minimum absolute atomic E-state index is 0.0804. The number of amides is 2. The van der Waals surface area contributed by atoms with Gasteiger partial charge in [-0.1, -0.05) is 46.0 Å². The monoisotopic (exact) mass is 393 g/mol. The van der Waals surface area contributed by atoms with Crippen molar-refractivity contribution in [3.63, 3.8) is 0 Å². The molecule has 0 heterocycles. The Balaban J connectivity index is 2.29. The molecule has 0 aliphatic carbocycles. The van der Waals surface area contributed by atoms with Crippen LogP contribution in [0.4, 0.5) is 0 Å². The molecule has 1 aromatic carbocycles. The maximum atomic E-state index is 12.1. The summed E-state index contributed by atoms with van der Waals surface area (Å²) in [6.07, 6.45) is 7.91. The first-order valence-electron chi connectivity index (χ1n) is 9.69. The fraction of sp³-hybridized carbons (Fsp3) is 0.550. The molecular formula is C20H31N3O3S. The lowest BCUT2D eigenvalue weighted by Crippen LogP contribution is -2.48. The molecule has 0 radical (unpaired) electrons. The van der Waals surface area contributed by atoms with E-state index in [9.17, 15) is 9.59 Å². The van der Waals surface area contributed by atoms with Gasteiger partial charge < -0.3 is 10.1 Å². The number of ether oxygens (including phenoxy) is 1. The number of rotatable bonds is 11. The molecule has 0 saturated heterocycles. The van der Waals surface area contributed by atoms with Gasteiger partial charge in [0.2, 0.25) is 5.91 Å². The highest BCUT2D eigenvalue weighted by molar-refractivity contribution is 7.80. The fourth-order valence-corrected chi connectivity index (χ4v) is 2.53. The molecule has 0 spiro atoms. The summed E-state index contributed by atoms with van der Waals surface area (Å²) in [4.78, 5) is 23.8. The van der Waals surface area contributed by atoms with Crippen molar-refractivity contribution in [2.24, 2.45) is 0 Å². The van der Waals surface area contributed by atoms with Gasteiger partial charge in [-0.3, -0.25) is 20.4 Å². The molecule has 0 aliphatic rings. The van der Waals surface area contributed by atoms with Crippen LogP contribution in [0.5, 0.6) is 5.75 Å². The van der Waals surface area contributed by atoms with Gasteiger partial charge in [-0.2, -0.15) is 0 Å². The van der Waals surface area contributed by atoms with Crippen LogP contribution in [0.15, 0.2) is 24.3 Å². The van der Waals surface area contributed by atoms with Crippen molar-refractivity contribution < 1.29 is 14.3 Å². The van der Waals surface area contributed by atoms with Gasteiger partial charge in [0.05, 0.1) is 6.61 Å². The Kier molecular flexibility index (Phi) is 11.8. The number of nitrogens with one attached hydrogen (secondary N) is 3. The lowest BCUT2D eigenvalue weighted by Gasteiger charge is -2.11. The second-order valence-corrected chi connectivity index (χ2v) is 6.76. The van der Waals surface area contributed by atoms with Gasteiger partial charge in [0, 0.05) is 12.0 Å². The summed E-state index contributed by atoms with van der Waals surface area (Å²) in [6.45, 7) is 4.93. The third kappa shape index (κ3) is 10.6. The van der Waals surface area contributed by atoms with E-state index in [0.29, 0.717) is 18.6 Å². The predicted octanol–water partition coefficient (Wildman–Crippen LogP) is 3.86. The van der Waals surface area contributed by atoms with Gasteiger partial charge in [0.15, 0.2) is 5.11 Å². The van der Waals surface area contributed by atoms with Gasteiger partial charge in [-0.15, -0.1) is 0 Å². The molecule has 0 atom stereocenters. The third-order valence-corrected chi connectivity index (χ3v) is 4.14. The Morgan fingerprint density at radius 2 is 1.59 bits per heavy atom. The van der Waals surface area contributed by atoms with E-state index in [-0.39, 0.29) is 16.9 Å². The van der Waals surface area contributed by atoms with Crippen LogP contribution in [-0.4, -0.2) is 23.5 Å². The van der Waals surface area contributed by atoms with E-state index in [4.69, 9.17) is 17.0 Å². The van der Waals surface area contributed by atoms with Gasteiger partial charge in [-0.25, -0.2) is 0 Å². The van der Waals surface area contributed by atoms with Crippen LogP contribution in [0, 0.1) is 0 Å². The van der Waals surface area contributed by atoms with Gasteiger partial charge in [0.25, 0.3) is 5.91 Å². The van der Waals surface area contributed by atoms with Gasteiger partial charge >= 0.3 is 0 Å². The molecule has 150 valence electrons. The summed E-state index contributed by atoms with van der Waals surface area (Å²) in [5.41, 5.74) is 5.48. The Labute approximate surface area is 167 Å². The largest absolute Gasteiger partial charge is 0.494 e. The number of benzene rings is 1. The standard InChI is InChI=1S/C20H31N3O3S/c1-3-5-7-9-15-26-17-13-11-16(12-14-17)19(25)22-23-20(27)21-18(24)10-8-6-4-2/h11-14H,3-10,15H2,1-2H3,(H,22,25)(H2,21,23,24,27). The van der Waals surface area contributed by atoms with Crippen molar-refractivity contribution in [1.82, 2.24) is 16.2 Å². The van der Waals surface area contributed by atoms with Crippen LogP contribution >= 0.6 is 12.2 Å². The smallest absolute Gasteiger partial charge is 0.269 e. The quantitative estimate of drug-likeness (QED) is 0.302. The van der Waals surface area contributed by atoms with Crippen molar-refractivity contribution in [2.75, 3.05) is 6.61 Å². The first-order valence-corrected chi connectivity index (χ1v) is 10.1. The maximum Gasteiger partial charge on any atom is 0.269 e. The first-order chi connectivity index (χ1) is 13.1. The lowest BCUT2D eigenvalue weighted by molar-refractivity contribution is -0.119. The Hall–Kier alpha value is -2.15. The zero-order chi connectivity index (χ0) is 19.9.